The number of nitrogen functional groups attached to an aromatic ring is 1. The van der Waals surface area contributed by atoms with Gasteiger partial charge in [-0.2, -0.15) is 58.9 Å². The maximum absolute atomic E-state index is 13.0. The van der Waals surface area contributed by atoms with Crippen molar-refractivity contribution in [2.24, 2.45) is 30.7 Å². The fourth-order valence-electron chi connectivity index (χ4n) is 6.53. The van der Waals surface area contributed by atoms with E-state index in [9.17, 15) is 111 Å². The first kappa shape index (κ1) is 55.1. The lowest BCUT2D eigenvalue weighted by Gasteiger charge is -2.15. The summed E-state index contributed by atoms with van der Waals surface area (Å²) in [6.07, 6.45) is 0. The first-order valence-corrected chi connectivity index (χ1v) is 28.2. The van der Waals surface area contributed by atoms with E-state index in [-0.39, 0.29) is 18.2 Å². The molecule has 0 radical (unpaired) electrons. The quantitative estimate of drug-likeness (QED) is 0.0221. The first-order valence-electron chi connectivity index (χ1n) is 18.1. The first-order chi connectivity index (χ1) is 33.1. The van der Waals surface area contributed by atoms with Crippen molar-refractivity contribution in [3.05, 3.63) is 76.3 Å². The highest BCUT2D eigenvalue weighted by atomic mass is 32.2. The molecule has 6 aromatic carbocycles. The van der Waals surface area contributed by atoms with Crippen molar-refractivity contribution in [3.63, 3.8) is 0 Å². The summed E-state index contributed by atoms with van der Waals surface area (Å²) in [5.41, 5.74) is -2.97. The van der Waals surface area contributed by atoms with Crippen LogP contribution >= 0.6 is 0 Å². The van der Waals surface area contributed by atoms with Gasteiger partial charge in [-0.05, 0) is 61.0 Å². The fraction of sp³-hybridized carbons (Fsp3) is 0.0303. The van der Waals surface area contributed by atoms with Crippen LogP contribution in [0.25, 0.3) is 21.5 Å². The Hall–Kier alpha value is -7.19. The van der Waals surface area contributed by atoms with Gasteiger partial charge in [0.15, 0.2) is 11.5 Å². The summed E-state index contributed by atoms with van der Waals surface area (Å²) in [5, 5.41) is 50.7. The number of aryl methyl sites for hydroxylation is 1. The lowest BCUT2D eigenvalue weighted by Crippen LogP contribution is -2.05. The standard InChI is InChI=1S/C33H24N8O25S7/c1-12-6-14(67(46,47)48)8-23(70(55,56)57)28(12)38-40-29-24(71(58,59)60)9-16-15(31(29)42)3-5-19(33(16)73(64,65)66)36-37-20-11-21(68(49,50)51)17-10-25(72(61,62)63)30(32(43)26(17)27(20)34)39-35-18-4-2-13(41(44)45)7-22(18)69(52,53)54/h2-11,42-43H,34H2,1H3,(H,46,47,48)(H,49,50,51)(H,52,53,54)(H,55,56,57)(H,58,59,60)(H,61,62,63)(H,64,65,66). The normalized spacial score (nSPS) is 13.5. The number of phenols is 2. The van der Waals surface area contributed by atoms with Gasteiger partial charge in [-0.1, -0.05) is 0 Å². The van der Waals surface area contributed by atoms with Crippen LogP contribution in [0.3, 0.4) is 0 Å². The summed E-state index contributed by atoms with van der Waals surface area (Å²) < 4.78 is 243. The van der Waals surface area contributed by atoms with Gasteiger partial charge in [0.05, 0.1) is 20.9 Å². The summed E-state index contributed by atoms with van der Waals surface area (Å²) >= 11 is 0. The molecule has 11 N–H and O–H groups in total. The summed E-state index contributed by atoms with van der Waals surface area (Å²) in [6, 6.07) is 4.44. The Bertz CT molecular complexity index is 4410. The lowest BCUT2D eigenvalue weighted by atomic mass is 10.0. The molecule has 0 bridgehead atoms. The molecule has 0 spiro atoms. The zero-order chi connectivity index (χ0) is 55.1. The van der Waals surface area contributed by atoms with Crippen LogP contribution in [0, 0.1) is 17.0 Å². The maximum atomic E-state index is 13.0. The molecule has 73 heavy (non-hydrogen) atoms. The van der Waals surface area contributed by atoms with E-state index in [1.807, 2.05) is 0 Å². The number of fused-ring (bicyclic) bond motifs is 2. The number of nitrogens with zero attached hydrogens (tertiary/aromatic N) is 7. The predicted octanol–water partition coefficient (Wildman–Crippen LogP) is 5.18. The van der Waals surface area contributed by atoms with Gasteiger partial charge in [0.2, 0.25) is 0 Å². The van der Waals surface area contributed by atoms with E-state index in [1.165, 1.54) is 0 Å². The van der Waals surface area contributed by atoms with Gasteiger partial charge in [0.25, 0.3) is 76.5 Å². The van der Waals surface area contributed by atoms with Crippen LogP contribution in [0.4, 0.5) is 45.5 Å². The number of nitro benzene ring substituents is 1. The molecule has 40 heteroatoms. The van der Waals surface area contributed by atoms with Crippen LogP contribution in [0.2, 0.25) is 0 Å². The second kappa shape index (κ2) is 18.4. The highest BCUT2D eigenvalue weighted by Gasteiger charge is 2.32. The third-order valence-corrected chi connectivity index (χ3v) is 15.7. The highest BCUT2D eigenvalue weighted by molar-refractivity contribution is 7.87. The van der Waals surface area contributed by atoms with Crippen molar-refractivity contribution in [2.75, 3.05) is 5.73 Å². The van der Waals surface area contributed by atoms with Crippen molar-refractivity contribution in [1.29, 1.82) is 0 Å². The summed E-state index contributed by atoms with van der Waals surface area (Å²) in [5.74, 6) is -3.00. The number of hydrogen-bond donors (Lipinski definition) is 10. The second-order valence-electron chi connectivity index (χ2n) is 14.3. The van der Waals surface area contributed by atoms with Gasteiger partial charge in [-0.25, -0.2) is 0 Å². The maximum Gasteiger partial charge on any atom is 0.297 e. The van der Waals surface area contributed by atoms with Gasteiger partial charge in [0.1, 0.15) is 63.5 Å². The second-order valence-corrected chi connectivity index (χ2v) is 24.0. The van der Waals surface area contributed by atoms with Gasteiger partial charge in [-0.15, -0.1) is 30.7 Å². The van der Waals surface area contributed by atoms with Gasteiger partial charge >= 0.3 is 0 Å². The van der Waals surface area contributed by atoms with E-state index in [4.69, 9.17) is 5.73 Å². The molecule has 33 nitrogen and oxygen atoms in total. The lowest BCUT2D eigenvalue weighted by molar-refractivity contribution is -0.385. The molecular formula is C33H24N8O25S7. The predicted molar refractivity (Wildman–Crippen MR) is 241 cm³/mol. The molecule has 388 valence electrons. The van der Waals surface area contributed by atoms with Crippen molar-refractivity contribution < 1.29 is 106 Å². The Morgan fingerprint density at radius 3 is 1.41 bits per heavy atom. The largest absolute Gasteiger partial charge is 0.505 e. The monoisotopic (exact) mass is 1160 g/mol. The molecule has 0 aliphatic rings. The SMILES string of the molecule is Cc1cc(S(=O)(=O)O)cc(S(=O)(=O)O)c1N=Nc1c(S(=O)(=O)O)cc2c(S(=O)(=O)O)c(N=Nc3cc(S(=O)(=O)O)c4cc(S(=O)(=O)O)c(N=Nc5ccc([N+](=O)[O-])cc5S(=O)(=O)O)c(O)c4c3N)ccc2c1O. The Morgan fingerprint density at radius 1 is 0.452 bits per heavy atom. The summed E-state index contributed by atoms with van der Waals surface area (Å²) in [6.45, 7) is 0.968. The van der Waals surface area contributed by atoms with E-state index in [1.54, 1.807) is 0 Å². The average Bonchev–Trinajstić information content (AvgIpc) is 3.22. The van der Waals surface area contributed by atoms with E-state index in [0.717, 1.165) is 6.92 Å². The minimum absolute atomic E-state index is 0.213. The number of aromatic hydroxyl groups is 2. The molecule has 0 amide bonds. The third kappa shape index (κ3) is 11.1. The molecule has 0 aliphatic carbocycles. The number of non-ortho nitro benzene ring substituents is 1. The Kier molecular flexibility index (Phi) is 13.9. The molecule has 0 aromatic heterocycles. The molecule has 0 saturated carbocycles. The summed E-state index contributed by atoms with van der Waals surface area (Å²) in [7, 11) is -38.8. The average molecular weight is 1160 g/mol. The number of benzene rings is 6. The van der Waals surface area contributed by atoms with Crippen molar-refractivity contribution in [1.82, 2.24) is 0 Å². The van der Waals surface area contributed by atoms with Crippen LogP contribution in [0.1, 0.15) is 5.56 Å². The van der Waals surface area contributed by atoms with Crippen LogP contribution < -0.4 is 5.73 Å². The van der Waals surface area contributed by atoms with Crippen LogP contribution in [0.15, 0.2) is 126 Å². The van der Waals surface area contributed by atoms with Crippen molar-refractivity contribution in [2.45, 2.75) is 41.2 Å². The molecule has 0 atom stereocenters. The van der Waals surface area contributed by atoms with Crippen molar-refractivity contribution >= 4 is 138 Å². The number of nitro groups is 1. The van der Waals surface area contributed by atoms with E-state index in [2.05, 4.69) is 30.7 Å². The summed E-state index contributed by atoms with van der Waals surface area (Å²) in [4.78, 5) is 0.398. The van der Waals surface area contributed by atoms with Crippen LogP contribution in [-0.2, 0) is 70.8 Å². The van der Waals surface area contributed by atoms with E-state index in [0.29, 0.717) is 42.5 Å². The molecule has 0 fully saturated rings. The van der Waals surface area contributed by atoms with Crippen LogP contribution in [0.5, 0.6) is 11.5 Å². The van der Waals surface area contributed by atoms with Crippen LogP contribution in [-0.4, -0.2) is 106 Å². The molecular weight excluding hydrogens is 1130 g/mol. The molecule has 6 aromatic rings. The molecule has 0 unspecified atom stereocenters. The molecule has 0 saturated heterocycles. The zero-order valence-electron chi connectivity index (χ0n) is 34.9. The number of azo groups is 3. The van der Waals surface area contributed by atoms with Gasteiger partial charge < -0.3 is 15.9 Å². The van der Waals surface area contributed by atoms with E-state index < -0.39 is 194 Å². The number of anilines is 1. The number of nitrogens with two attached hydrogens (primary N) is 1. The Balaban J connectivity index is 1.61. The number of rotatable bonds is 14. The topological polar surface area (TPSA) is 564 Å². The highest BCUT2D eigenvalue weighted by Crippen LogP contribution is 2.50. The molecule has 6 rings (SSSR count). The number of phenolic OH excluding ortho intramolecular Hbond substituents is 2. The molecule has 0 heterocycles. The van der Waals surface area contributed by atoms with Gasteiger partial charge in [0, 0.05) is 28.3 Å². The van der Waals surface area contributed by atoms with E-state index >= 15 is 0 Å². The Labute approximate surface area is 407 Å². The number of hydrogen-bond acceptors (Lipinski definition) is 25. The van der Waals surface area contributed by atoms with Gasteiger partial charge in [-0.3, -0.25) is 42.0 Å². The fourth-order valence-corrected chi connectivity index (χ4v) is 11.4. The minimum Gasteiger partial charge on any atom is -0.505 e. The molecule has 0 aliphatic heterocycles. The Morgan fingerprint density at radius 2 is 0.904 bits per heavy atom. The third-order valence-electron chi connectivity index (χ3n) is 9.59. The smallest absolute Gasteiger partial charge is 0.297 e. The van der Waals surface area contributed by atoms with Crippen molar-refractivity contribution in [3.8, 4) is 11.5 Å². The minimum atomic E-state index is -5.77. The zero-order valence-corrected chi connectivity index (χ0v) is 40.6.